The second-order valence-electron chi connectivity index (χ2n) is 5.59. The average molecular weight is 273 g/mol. The Morgan fingerprint density at radius 1 is 1.40 bits per heavy atom. The van der Waals surface area contributed by atoms with Crippen LogP contribution in [0.25, 0.3) is 10.8 Å². The summed E-state index contributed by atoms with van der Waals surface area (Å²) in [6.07, 6.45) is 0. The van der Waals surface area contributed by atoms with Crippen molar-refractivity contribution >= 4 is 22.5 Å². The summed E-state index contributed by atoms with van der Waals surface area (Å²) < 4.78 is 0. The minimum Gasteiger partial charge on any atom is -0.389 e. The van der Waals surface area contributed by atoms with Crippen LogP contribution in [0.5, 0.6) is 0 Å². The molecule has 2 rings (SSSR count). The van der Waals surface area contributed by atoms with Crippen LogP contribution in [0.15, 0.2) is 30.3 Å². The number of nitrogens with two attached hydrogens (primary N) is 1. The second kappa shape index (κ2) is 5.09. The van der Waals surface area contributed by atoms with E-state index in [9.17, 15) is 9.90 Å². The number of aromatic nitrogens is 1. The van der Waals surface area contributed by atoms with Crippen LogP contribution in [0.4, 0.5) is 5.82 Å². The minimum absolute atomic E-state index is 0.222. The number of pyridine rings is 1. The number of likely N-dealkylation sites (N-methyl/N-ethyl adjacent to an activating group) is 1. The van der Waals surface area contributed by atoms with Crippen molar-refractivity contribution in [3.8, 4) is 0 Å². The fourth-order valence-electron chi connectivity index (χ4n) is 2.18. The number of carbonyl (C=O) groups excluding carboxylic acids is 1. The fraction of sp³-hybridized carbons (Fsp3) is 0.333. The molecule has 0 radical (unpaired) electrons. The molecule has 1 aromatic heterocycles. The topological polar surface area (TPSA) is 79.5 Å². The number of amides is 1. The minimum atomic E-state index is -0.952. The molecule has 1 heterocycles. The molecule has 0 atom stereocenters. The van der Waals surface area contributed by atoms with Crippen molar-refractivity contribution in [1.82, 2.24) is 9.88 Å². The lowest BCUT2D eigenvalue weighted by molar-refractivity contribution is 0.0365. The van der Waals surface area contributed by atoms with Crippen LogP contribution >= 0.6 is 0 Å². The molecular formula is C15H19N3O2. The van der Waals surface area contributed by atoms with Crippen LogP contribution in [-0.4, -0.2) is 40.1 Å². The molecule has 0 spiro atoms. The first-order valence-corrected chi connectivity index (χ1v) is 6.41. The fourth-order valence-corrected chi connectivity index (χ4v) is 2.18. The smallest absolute Gasteiger partial charge is 0.272 e. The molecule has 0 aliphatic rings. The molecule has 0 unspecified atom stereocenters. The van der Waals surface area contributed by atoms with Gasteiger partial charge in [-0.05, 0) is 25.3 Å². The number of benzene rings is 1. The Balaban J connectivity index is 2.35. The largest absolute Gasteiger partial charge is 0.389 e. The molecule has 0 fully saturated rings. The van der Waals surface area contributed by atoms with Gasteiger partial charge in [0.2, 0.25) is 0 Å². The number of rotatable bonds is 3. The second-order valence-corrected chi connectivity index (χ2v) is 5.59. The van der Waals surface area contributed by atoms with E-state index in [4.69, 9.17) is 5.73 Å². The lowest BCUT2D eigenvalue weighted by Gasteiger charge is -2.25. The third-order valence-electron chi connectivity index (χ3n) is 2.96. The zero-order valence-corrected chi connectivity index (χ0v) is 11.9. The van der Waals surface area contributed by atoms with Gasteiger partial charge in [-0.1, -0.05) is 24.3 Å². The van der Waals surface area contributed by atoms with Gasteiger partial charge in [-0.2, -0.15) is 0 Å². The van der Waals surface area contributed by atoms with E-state index in [2.05, 4.69) is 4.98 Å². The van der Waals surface area contributed by atoms with Gasteiger partial charge in [-0.15, -0.1) is 0 Å². The van der Waals surface area contributed by atoms with Gasteiger partial charge in [0.1, 0.15) is 11.5 Å². The van der Waals surface area contributed by atoms with Gasteiger partial charge in [0.25, 0.3) is 5.91 Å². The predicted octanol–water partition coefficient (Wildman–Crippen LogP) is 1.66. The average Bonchev–Trinajstić information content (AvgIpc) is 2.35. The van der Waals surface area contributed by atoms with Crippen molar-refractivity contribution < 1.29 is 9.90 Å². The van der Waals surface area contributed by atoms with Crippen LogP contribution in [0.1, 0.15) is 24.3 Å². The molecule has 0 aliphatic carbocycles. The molecule has 3 N–H and O–H groups in total. The maximum Gasteiger partial charge on any atom is 0.272 e. The Kier molecular flexibility index (Phi) is 3.63. The standard InChI is InChI=1S/C15H19N3O2/c1-15(2,20)9-18(3)14(19)12-8-10-6-4-5-7-11(10)13(16)17-12/h4-8,20H,9H2,1-3H3,(H2,16,17). The first kappa shape index (κ1) is 14.3. The van der Waals surface area contributed by atoms with E-state index in [-0.39, 0.29) is 18.1 Å². The number of hydrogen-bond donors (Lipinski definition) is 2. The maximum absolute atomic E-state index is 12.3. The molecule has 0 aliphatic heterocycles. The summed E-state index contributed by atoms with van der Waals surface area (Å²) >= 11 is 0. The lowest BCUT2D eigenvalue weighted by Crippen LogP contribution is -2.40. The Hall–Kier alpha value is -2.14. The van der Waals surface area contributed by atoms with E-state index in [1.807, 2.05) is 24.3 Å². The lowest BCUT2D eigenvalue weighted by atomic mass is 10.1. The molecule has 106 valence electrons. The monoisotopic (exact) mass is 273 g/mol. The highest BCUT2D eigenvalue weighted by Crippen LogP contribution is 2.20. The number of carbonyl (C=O) groups is 1. The third kappa shape index (κ3) is 3.05. The molecule has 0 bridgehead atoms. The van der Waals surface area contributed by atoms with Gasteiger partial charge in [-0.25, -0.2) is 4.98 Å². The third-order valence-corrected chi connectivity index (χ3v) is 2.96. The first-order chi connectivity index (χ1) is 9.28. The zero-order chi connectivity index (χ0) is 14.9. The van der Waals surface area contributed by atoms with E-state index in [0.717, 1.165) is 10.8 Å². The summed E-state index contributed by atoms with van der Waals surface area (Å²) in [7, 11) is 1.63. The number of fused-ring (bicyclic) bond motifs is 1. The van der Waals surface area contributed by atoms with Gasteiger partial charge < -0.3 is 15.7 Å². The SMILES string of the molecule is CN(CC(C)(C)O)C(=O)c1cc2ccccc2c(N)n1. The Morgan fingerprint density at radius 2 is 2.05 bits per heavy atom. The molecule has 1 amide bonds. The van der Waals surface area contributed by atoms with E-state index in [0.29, 0.717) is 5.82 Å². The van der Waals surface area contributed by atoms with E-state index < -0.39 is 5.60 Å². The van der Waals surface area contributed by atoms with Crippen LogP contribution in [0.2, 0.25) is 0 Å². The normalized spacial score (nSPS) is 11.6. The van der Waals surface area contributed by atoms with Crippen LogP contribution in [0, 0.1) is 0 Å². The highest BCUT2D eigenvalue weighted by molar-refractivity contribution is 5.99. The number of nitrogen functional groups attached to an aromatic ring is 1. The molecule has 1 aromatic carbocycles. The summed E-state index contributed by atoms with van der Waals surface area (Å²) in [5.74, 6) is 0.0766. The van der Waals surface area contributed by atoms with Crippen LogP contribution in [0.3, 0.4) is 0 Å². The molecule has 2 aromatic rings. The van der Waals surface area contributed by atoms with Crippen molar-refractivity contribution in [3.05, 3.63) is 36.0 Å². The predicted molar refractivity (Wildman–Crippen MR) is 79.4 cm³/mol. The number of nitrogens with zero attached hydrogens (tertiary/aromatic N) is 2. The van der Waals surface area contributed by atoms with Crippen LogP contribution < -0.4 is 5.73 Å². The molecule has 0 saturated carbocycles. The Morgan fingerprint density at radius 3 is 2.70 bits per heavy atom. The van der Waals surface area contributed by atoms with E-state index in [1.165, 1.54) is 4.90 Å². The van der Waals surface area contributed by atoms with Gasteiger partial charge >= 0.3 is 0 Å². The molecular weight excluding hydrogens is 254 g/mol. The number of hydrogen-bond acceptors (Lipinski definition) is 4. The summed E-state index contributed by atoms with van der Waals surface area (Å²) in [6.45, 7) is 3.53. The highest BCUT2D eigenvalue weighted by Gasteiger charge is 2.21. The summed E-state index contributed by atoms with van der Waals surface area (Å²) in [4.78, 5) is 17.9. The van der Waals surface area contributed by atoms with Crippen molar-refractivity contribution in [1.29, 1.82) is 0 Å². The number of aliphatic hydroxyl groups is 1. The van der Waals surface area contributed by atoms with Gasteiger partial charge in [-0.3, -0.25) is 4.79 Å². The molecule has 5 heteroatoms. The summed E-state index contributed by atoms with van der Waals surface area (Å²) in [6, 6.07) is 9.24. The molecule has 5 nitrogen and oxygen atoms in total. The van der Waals surface area contributed by atoms with Crippen molar-refractivity contribution in [2.75, 3.05) is 19.3 Å². The Bertz CT molecular complexity index is 647. The van der Waals surface area contributed by atoms with Gasteiger partial charge in [0, 0.05) is 19.0 Å². The Labute approximate surface area is 118 Å². The summed E-state index contributed by atoms with van der Waals surface area (Å²) in [5.41, 5.74) is 5.22. The first-order valence-electron chi connectivity index (χ1n) is 6.41. The molecule has 0 saturated heterocycles. The molecule has 20 heavy (non-hydrogen) atoms. The van der Waals surface area contributed by atoms with Gasteiger partial charge in [0.05, 0.1) is 5.60 Å². The van der Waals surface area contributed by atoms with Crippen molar-refractivity contribution in [2.24, 2.45) is 0 Å². The van der Waals surface area contributed by atoms with E-state index >= 15 is 0 Å². The van der Waals surface area contributed by atoms with Crippen molar-refractivity contribution in [2.45, 2.75) is 19.4 Å². The quantitative estimate of drug-likeness (QED) is 0.891. The van der Waals surface area contributed by atoms with E-state index in [1.54, 1.807) is 27.0 Å². The van der Waals surface area contributed by atoms with Gasteiger partial charge in [0.15, 0.2) is 0 Å². The zero-order valence-electron chi connectivity index (χ0n) is 11.9. The van der Waals surface area contributed by atoms with Crippen LogP contribution in [-0.2, 0) is 0 Å². The maximum atomic E-state index is 12.3. The van der Waals surface area contributed by atoms with Crippen molar-refractivity contribution in [3.63, 3.8) is 0 Å². The highest BCUT2D eigenvalue weighted by atomic mass is 16.3. The summed E-state index contributed by atoms with van der Waals surface area (Å²) in [5, 5.41) is 11.5. The number of anilines is 1.